The Morgan fingerprint density at radius 1 is 1.19 bits per heavy atom. The summed E-state index contributed by atoms with van der Waals surface area (Å²) < 4.78 is 42.6. The van der Waals surface area contributed by atoms with Gasteiger partial charge in [0.15, 0.2) is 11.6 Å². The second kappa shape index (κ2) is 5.66. The van der Waals surface area contributed by atoms with Crippen LogP contribution < -0.4 is 15.4 Å². The summed E-state index contributed by atoms with van der Waals surface area (Å²) in [5, 5.41) is 0. The number of hydrogen-bond donors (Lipinski definition) is 1. The van der Waals surface area contributed by atoms with Crippen molar-refractivity contribution in [1.29, 1.82) is 0 Å². The van der Waals surface area contributed by atoms with E-state index in [1.54, 1.807) is 0 Å². The topological polar surface area (TPSA) is 38.5 Å². The lowest BCUT2D eigenvalue weighted by Crippen LogP contribution is -2.43. The van der Waals surface area contributed by atoms with Crippen molar-refractivity contribution in [3.05, 3.63) is 17.9 Å². The molecule has 1 heterocycles. The number of hydrogen-bond acceptors (Lipinski definition) is 3. The van der Waals surface area contributed by atoms with E-state index in [0.29, 0.717) is 17.6 Å². The van der Waals surface area contributed by atoms with E-state index in [9.17, 15) is 13.2 Å². The molecule has 1 aromatic rings. The number of nitrogen functional groups attached to an aromatic ring is 1. The summed E-state index contributed by atoms with van der Waals surface area (Å²) in [6.45, 7) is -2.22. The van der Waals surface area contributed by atoms with Crippen molar-refractivity contribution < 1.29 is 17.9 Å². The van der Waals surface area contributed by atoms with Crippen LogP contribution in [0.5, 0.6) is 5.75 Å². The van der Waals surface area contributed by atoms with Gasteiger partial charge in [0.05, 0.1) is 11.4 Å². The summed E-state index contributed by atoms with van der Waals surface area (Å²) >= 11 is 0. The molecule has 0 amide bonds. The molecule has 1 aliphatic heterocycles. The van der Waals surface area contributed by atoms with Crippen LogP contribution in [0.1, 0.15) is 32.1 Å². The molecule has 3 nitrogen and oxygen atoms in total. The number of rotatable bonds is 3. The third kappa shape index (κ3) is 2.76. The minimum absolute atomic E-state index is 0.279. The van der Waals surface area contributed by atoms with E-state index in [-0.39, 0.29) is 5.69 Å². The molecule has 0 radical (unpaired) electrons. The van der Waals surface area contributed by atoms with Gasteiger partial charge in [-0.05, 0) is 31.6 Å². The molecule has 2 atom stereocenters. The van der Waals surface area contributed by atoms with Crippen LogP contribution >= 0.6 is 0 Å². The minimum Gasteiger partial charge on any atom is -0.432 e. The highest BCUT2D eigenvalue weighted by Gasteiger charge is 2.36. The molecule has 2 unspecified atom stereocenters. The lowest BCUT2D eigenvalue weighted by molar-refractivity contribution is -0.0521. The fourth-order valence-corrected chi connectivity index (χ4v) is 3.75. The first-order valence-electron chi connectivity index (χ1n) is 7.36. The molecular weight excluding hydrogens is 281 g/mol. The molecule has 2 N–H and O–H groups in total. The molecule has 3 rings (SSSR count). The van der Waals surface area contributed by atoms with Gasteiger partial charge in [0.2, 0.25) is 0 Å². The number of alkyl halides is 2. The van der Waals surface area contributed by atoms with Crippen molar-refractivity contribution in [2.75, 3.05) is 17.2 Å². The monoisotopic (exact) mass is 300 g/mol. The predicted octanol–water partition coefficient (Wildman–Crippen LogP) is 3.78. The maximum Gasteiger partial charge on any atom is 0.387 e. The first-order chi connectivity index (χ1) is 10.1. The summed E-state index contributed by atoms with van der Waals surface area (Å²) in [6.07, 6.45) is 5.69. The molecule has 0 bridgehead atoms. The van der Waals surface area contributed by atoms with E-state index in [0.717, 1.165) is 25.5 Å². The van der Waals surface area contributed by atoms with Crippen molar-refractivity contribution in [1.82, 2.24) is 0 Å². The second-order valence-electron chi connectivity index (χ2n) is 5.81. The van der Waals surface area contributed by atoms with Gasteiger partial charge < -0.3 is 15.4 Å². The number of anilines is 2. The van der Waals surface area contributed by atoms with Crippen molar-refractivity contribution in [2.24, 2.45) is 5.92 Å². The molecule has 116 valence electrons. The van der Waals surface area contributed by atoms with Gasteiger partial charge in [0, 0.05) is 24.7 Å². The number of benzene rings is 1. The fourth-order valence-electron chi connectivity index (χ4n) is 3.75. The molecule has 2 fully saturated rings. The minimum atomic E-state index is -3.04. The Kier molecular flexibility index (Phi) is 3.87. The lowest BCUT2D eigenvalue weighted by atomic mass is 9.91. The molecular formula is C15H19F3N2O. The molecule has 1 aromatic carbocycles. The first kappa shape index (κ1) is 14.4. The van der Waals surface area contributed by atoms with Gasteiger partial charge >= 0.3 is 6.61 Å². The first-order valence-corrected chi connectivity index (χ1v) is 7.36. The van der Waals surface area contributed by atoms with Crippen LogP contribution in [-0.2, 0) is 0 Å². The number of fused-ring (bicyclic) bond motifs is 1. The van der Waals surface area contributed by atoms with Gasteiger partial charge in [-0.3, -0.25) is 0 Å². The molecule has 21 heavy (non-hydrogen) atoms. The SMILES string of the molecule is Nc1cc(F)c(OC(F)F)cc1N1CCCC2CCCC21. The van der Waals surface area contributed by atoms with E-state index in [1.165, 1.54) is 25.3 Å². The van der Waals surface area contributed by atoms with Gasteiger partial charge in [-0.25, -0.2) is 4.39 Å². The average Bonchev–Trinajstić information content (AvgIpc) is 2.90. The van der Waals surface area contributed by atoms with Crippen LogP contribution in [0.2, 0.25) is 0 Å². The zero-order chi connectivity index (χ0) is 15.0. The van der Waals surface area contributed by atoms with Crippen molar-refractivity contribution in [2.45, 2.75) is 44.8 Å². The van der Waals surface area contributed by atoms with Gasteiger partial charge in [0.25, 0.3) is 0 Å². The third-order valence-electron chi connectivity index (χ3n) is 4.60. The molecule has 0 aromatic heterocycles. The van der Waals surface area contributed by atoms with Crippen molar-refractivity contribution >= 4 is 11.4 Å². The smallest absolute Gasteiger partial charge is 0.387 e. The summed E-state index contributed by atoms with van der Waals surface area (Å²) in [6, 6.07) is 2.77. The number of nitrogens with two attached hydrogens (primary N) is 1. The van der Waals surface area contributed by atoms with E-state index in [1.807, 2.05) is 0 Å². The molecule has 0 spiro atoms. The Hall–Kier alpha value is -1.59. The Bertz CT molecular complexity index is 524. The summed E-state index contributed by atoms with van der Waals surface area (Å²) in [5.74, 6) is -0.659. The molecule has 6 heteroatoms. The highest BCUT2D eigenvalue weighted by molar-refractivity contribution is 5.70. The largest absolute Gasteiger partial charge is 0.432 e. The van der Waals surface area contributed by atoms with Crippen molar-refractivity contribution in [3.63, 3.8) is 0 Å². The molecule has 2 aliphatic rings. The Morgan fingerprint density at radius 2 is 1.95 bits per heavy atom. The van der Waals surface area contributed by atoms with Gasteiger partial charge in [-0.2, -0.15) is 8.78 Å². The number of halogens is 3. The zero-order valence-electron chi connectivity index (χ0n) is 11.7. The highest BCUT2D eigenvalue weighted by atomic mass is 19.3. The predicted molar refractivity (Wildman–Crippen MR) is 75.2 cm³/mol. The second-order valence-corrected chi connectivity index (χ2v) is 5.81. The van der Waals surface area contributed by atoms with E-state index in [2.05, 4.69) is 9.64 Å². The van der Waals surface area contributed by atoms with E-state index < -0.39 is 18.2 Å². The number of piperidine rings is 1. The highest BCUT2D eigenvalue weighted by Crippen LogP contribution is 2.42. The normalized spacial score (nSPS) is 25.2. The molecule has 1 aliphatic carbocycles. The zero-order valence-corrected chi connectivity index (χ0v) is 11.7. The number of ether oxygens (including phenoxy) is 1. The summed E-state index contributed by atoms with van der Waals surface area (Å²) in [7, 11) is 0. The quantitative estimate of drug-likeness (QED) is 0.863. The molecule has 1 saturated carbocycles. The Labute approximate surface area is 121 Å². The third-order valence-corrected chi connectivity index (χ3v) is 4.60. The van der Waals surface area contributed by atoms with Crippen LogP contribution in [0.3, 0.4) is 0 Å². The maximum atomic E-state index is 13.7. The number of nitrogens with zero attached hydrogens (tertiary/aromatic N) is 1. The lowest BCUT2D eigenvalue weighted by Gasteiger charge is -2.40. The van der Waals surface area contributed by atoms with Crippen molar-refractivity contribution in [3.8, 4) is 5.75 Å². The van der Waals surface area contributed by atoms with Crippen LogP contribution in [0.25, 0.3) is 0 Å². The maximum absolute atomic E-state index is 13.7. The Balaban J connectivity index is 1.93. The van der Waals surface area contributed by atoms with Gasteiger partial charge in [0.1, 0.15) is 0 Å². The van der Waals surface area contributed by atoms with Gasteiger partial charge in [-0.1, -0.05) is 6.42 Å². The Morgan fingerprint density at radius 3 is 2.71 bits per heavy atom. The van der Waals surface area contributed by atoms with Crippen LogP contribution in [0.4, 0.5) is 24.5 Å². The van der Waals surface area contributed by atoms with Crippen LogP contribution in [0, 0.1) is 11.7 Å². The summed E-state index contributed by atoms with van der Waals surface area (Å²) in [4.78, 5) is 2.15. The van der Waals surface area contributed by atoms with E-state index >= 15 is 0 Å². The standard InChI is InChI=1S/C15H19F3N2O/c16-10-7-11(19)13(8-14(10)21-15(17)18)20-6-2-4-9-3-1-5-12(9)20/h7-9,12,15H,1-6,19H2. The summed E-state index contributed by atoms with van der Waals surface area (Å²) in [5.41, 5.74) is 6.80. The van der Waals surface area contributed by atoms with Gasteiger partial charge in [-0.15, -0.1) is 0 Å². The average molecular weight is 300 g/mol. The van der Waals surface area contributed by atoms with E-state index in [4.69, 9.17) is 5.73 Å². The molecule has 1 saturated heterocycles. The van der Waals surface area contributed by atoms with Crippen LogP contribution in [-0.4, -0.2) is 19.2 Å². The fraction of sp³-hybridized carbons (Fsp3) is 0.600. The van der Waals surface area contributed by atoms with Crippen LogP contribution in [0.15, 0.2) is 12.1 Å².